The van der Waals surface area contributed by atoms with Gasteiger partial charge in [-0.3, -0.25) is 9.52 Å². The average molecular weight is 468 g/mol. The number of nitrogens with one attached hydrogen (secondary N) is 1. The van der Waals surface area contributed by atoms with Gasteiger partial charge >= 0.3 is 0 Å². The lowest BCUT2D eigenvalue weighted by atomic mass is 9.64. The second kappa shape index (κ2) is 7.76. The molecule has 0 aliphatic heterocycles. The number of carbonyl (C=O) groups is 1. The third kappa shape index (κ3) is 3.55. The zero-order valence-corrected chi connectivity index (χ0v) is 18.9. The number of sulfonamides is 1. The molecule has 1 N–H and O–H groups in total. The van der Waals surface area contributed by atoms with Gasteiger partial charge in [-0.1, -0.05) is 43.7 Å². The monoisotopic (exact) mass is 467 g/mol. The molecule has 33 heavy (non-hydrogen) atoms. The normalized spacial score (nSPS) is 17.5. The van der Waals surface area contributed by atoms with Crippen LogP contribution in [0.5, 0.6) is 0 Å². The molecule has 3 aromatic carbocycles. The lowest BCUT2D eigenvalue weighted by Gasteiger charge is -2.38. The van der Waals surface area contributed by atoms with Gasteiger partial charge in [0, 0.05) is 24.1 Å². The van der Waals surface area contributed by atoms with Crippen LogP contribution in [0.25, 0.3) is 0 Å². The van der Waals surface area contributed by atoms with Crippen LogP contribution in [0, 0.1) is 11.6 Å². The Labute approximate surface area is 191 Å². The molecule has 170 valence electrons. The van der Waals surface area contributed by atoms with Gasteiger partial charge in [-0.2, -0.15) is 0 Å². The minimum atomic E-state index is -4.30. The van der Waals surface area contributed by atoms with Gasteiger partial charge in [-0.05, 0) is 59.4 Å². The molecule has 3 aromatic rings. The van der Waals surface area contributed by atoms with Crippen LogP contribution in [0.2, 0.25) is 0 Å². The van der Waals surface area contributed by atoms with Gasteiger partial charge in [0.2, 0.25) is 0 Å². The highest BCUT2D eigenvalue weighted by molar-refractivity contribution is 7.92. The summed E-state index contributed by atoms with van der Waals surface area (Å²) in [6.45, 7) is 2.03. The highest BCUT2D eigenvalue weighted by atomic mass is 32.2. The molecule has 0 bridgehead atoms. The van der Waals surface area contributed by atoms with Crippen LogP contribution in [0.1, 0.15) is 54.4 Å². The Bertz CT molecular complexity index is 1370. The van der Waals surface area contributed by atoms with Crippen molar-refractivity contribution in [3.8, 4) is 0 Å². The molecule has 0 radical (unpaired) electrons. The van der Waals surface area contributed by atoms with E-state index >= 15 is 0 Å². The number of ketones is 1. The molecular weight excluding hydrogens is 444 g/mol. The van der Waals surface area contributed by atoms with Gasteiger partial charge in [0.25, 0.3) is 10.0 Å². The lowest BCUT2D eigenvalue weighted by Crippen LogP contribution is -2.39. The van der Waals surface area contributed by atoms with Crippen LogP contribution >= 0.6 is 0 Å². The Morgan fingerprint density at radius 3 is 2.36 bits per heavy atom. The molecule has 5 rings (SSSR count). The fraction of sp³-hybridized carbons (Fsp3) is 0.269. The first kappa shape index (κ1) is 21.8. The minimum Gasteiger partial charge on any atom is -0.298 e. The van der Waals surface area contributed by atoms with Crippen molar-refractivity contribution < 1.29 is 22.0 Å². The highest BCUT2D eigenvalue weighted by Crippen LogP contribution is 2.53. The van der Waals surface area contributed by atoms with Gasteiger partial charge in [0.05, 0.1) is 5.41 Å². The summed E-state index contributed by atoms with van der Waals surface area (Å²) in [6.07, 6.45) is 2.79. The van der Waals surface area contributed by atoms with Crippen molar-refractivity contribution in [2.24, 2.45) is 0 Å². The molecule has 0 heterocycles. The maximum Gasteiger partial charge on any atom is 0.264 e. The van der Waals surface area contributed by atoms with E-state index in [9.17, 15) is 22.0 Å². The molecule has 1 fully saturated rings. The average Bonchev–Trinajstić information content (AvgIpc) is 3.04. The van der Waals surface area contributed by atoms with Gasteiger partial charge in [0.1, 0.15) is 22.3 Å². The van der Waals surface area contributed by atoms with E-state index in [0.717, 1.165) is 53.6 Å². The summed E-state index contributed by atoms with van der Waals surface area (Å²) < 4.78 is 55.9. The zero-order valence-electron chi connectivity index (χ0n) is 18.1. The molecule has 1 spiro atoms. The molecule has 4 nitrogen and oxygen atoms in total. The van der Waals surface area contributed by atoms with Crippen LogP contribution in [-0.4, -0.2) is 14.2 Å². The van der Waals surface area contributed by atoms with Gasteiger partial charge < -0.3 is 0 Å². The SMILES string of the molecule is CC(c1ccccc1)c1cc(NS(=O)(=O)c2ccc(F)cc2F)cc2c1CC(=O)C21CCC1. The molecule has 7 heteroatoms. The Morgan fingerprint density at radius 2 is 1.73 bits per heavy atom. The number of benzene rings is 3. The first-order chi connectivity index (χ1) is 15.7. The number of hydrogen-bond acceptors (Lipinski definition) is 3. The summed E-state index contributed by atoms with van der Waals surface area (Å²) >= 11 is 0. The number of anilines is 1. The second-order valence-corrected chi connectivity index (χ2v) is 10.6. The lowest BCUT2D eigenvalue weighted by molar-refractivity contribution is -0.125. The summed E-state index contributed by atoms with van der Waals surface area (Å²) in [5.41, 5.74) is 3.49. The van der Waals surface area contributed by atoms with Crippen LogP contribution in [0.4, 0.5) is 14.5 Å². The first-order valence-corrected chi connectivity index (χ1v) is 12.4. The number of halogens is 2. The fourth-order valence-corrected chi connectivity index (χ4v) is 6.25. The van der Waals surface area contributed by atoms with Crippen molar-refractivity contribution >= 4 is 21.5 Å². The standard InChI is InChI=1S/C26H23F2NO3S/c1-16(17-6-3-2-4-7-17)20-13-19(14-22-21(20)15-25(30)26(22)10-5-11-26)29-33(31,32)24-9-8-18(27)12-23(24)28/h2-4,6-9,12-14,16,29H,5,10-11,15H2,1H3. The van der Waals surface area contributed by atoms with Crippen LogP contribution in [0.15, 0.2) is 65.6 Å². The molecule has 1 unspecified atom stereocenters. The number of fused-ring (bicyclic) bond motifs is 2. The molecule has 0 aromatic heterocycles. The Hall–Kier alpha value is -3.06. The zero-order chi connectivity index (χ0) is 23.4. The van der Waals surface area contributed by atoms with Gasteiger partial charge in [0.15, 0.2) is 0 Å². The third-order valence-electron chi connectivity index (χ3n) is 7.08. The molecule has 1 saturated carbocycles. The van der Waals surface area contributed by atoms with Crippen molar-refractivity contribution in [1.29, 1.82) is 0 Å². The number of rotatable bonds is 5. The van der Waals surface area contributed by atoms with Crippen LogP contribution in [-0.2, 0) is 26.7 Å². The highest BCUT2D eigenvalue weighted by Gasteiger charge is 2.51. The van der Waals surface area contributed by atoms with Crippen molar-refractivity contribution in [1.82, 2.24) is 0 Å². The van der Waals surface area contributed by atoms with Crippen molar-refractivity contribution in [3.05, 3.63) is 94.6 Å². The molecule has 1 atom stereocenters. The second-order valence-electron chi connectivity index (χ2n) is 8.94. The number of Topliss-reactive ketones (excluding diaryl/α,β-unsaturated/α-hetero) is 1. The van der Waals surface area contributed by atoms with Gasteiger partial charge in [-0.15, -0.1) is 0 Å². The Balaban J connectivity index is 1.62. The summed E-state index contributed by atoms with van der Waals surface area (Å²) in [5, 5.41) is 0. The van der Waals surface area contributed by atoms with Crippen molar-refractivity contribution in [2.75, 3.05) is 4.72 Å². The smallest absolute Gasteiger partial charge is 0.264 e. The maximum absolute atomic E-state index is 14.2. The molecular formula is C26H23F2NO3S. The quantitative estimate of drug-likeness (QED) is 0.542. The molecule has 2 aliphatic carbocycles. The third-order valence-corrected chi connectivity index (χ3v) is 8.49. The van der Waals surface area contributed by atoms with Crippen molar-refractivity contribution in [3.63, 3.8) is 0 Å². The predicted molar refractivity (Wildman–Crippen MR) is 122 cm³/mol. The molecule has 2 aliphatic rings. The van der Waals surface area contributed by atoms with Crippen molar-refractivity contribution in [2.45, 2.75) is 48.8 Å². The minimum absolute atomic E-state index is 0.0741. The van der Waals surface area contributed by atoms with Gasteiger partial charge in [-0.25, -0.2) is 17.2 Å². The topological polar surface area (TPSA) is 63.2 Å². The van der Waals surface area contributed by atoms with E-state index in [1.807, 2.05) is 37.3 Å². The first-order valence-electron chi connectivity index (χ1n) is 10.9. The van der Waals surface area contributed by atoms with Crippen LogP contribution in [0.3, 0.4) is 0 Å². The fourth-order valence-electron chi connectivity index (χ4n) is 5.15. The summed E-state index contributed by atoms with van der Waals surface area (Å²) in [6, 6.07) is 15.6. The number of hydrogen-bond donors (Lipinski definition) is 1. The predicted octanol–water partition coefficient (Wildman–Crippen LogP) is 5.46. The summed E-state index contributed by atoms with van der Waals surface area (Å²) in [4.78, 5) is 12.4. The largest absolute Gasteiger partial charge is 0.298 e. The van der Waals surface area contributed by atoms with E-state index in [4.69, 9.17) is 0 Å². The number of carbonyl (C=O) groups excluding carboxylic acids is 1. The summed E-state index contributed by atoms with van der Waals surface area (Å²) in [7, 11) is -4.30. The van der Waals surface area contributed by atoms with E-state index in [2.05, 4.69) is 4.72 Å². The van der Waals surface area contributed by atoms with E-state index in [1.165, 1.54) is 0 Å². The molecule has 0 amide bonds. The van der Waals surface area contributed by atoms with E-state index < -0.39 is 32.0 Å². The maximum atomic E-state index is 14.2. The Morgan fingerprint density at radius 1 is 1.00 bits per heavy atom. The van der Waals surface area contributed by atoms with E-state index in [1.54, 1.807) is 12.1 Å². The Kier molecular flexibility index (Phi) is 5.12. The summed E-state index contributed by atoms with van der Waals surface area (Å²) in [5.74, 6) is -1.91. The van der Waals surface area contributed by atoms with Crippen LogP contribution < -0.4 is 4.72 Å². The van der Waals surface area contributed by atoms with E-state index in [-0.39, 0.29) is 17.4 Å². The molecule has 0 saturated heterocycles. The van der Waals surface area contributed by atoms with E-state index in [0.29, 0.717) is 12.5 Å².